The van der Waals surface area contributed by atoms with Crippen LogP contribution in [0.1, 0.15) is 6.92 Å². The Bertz CT molecular complexity index is 924. The van der Waals surface area contributed by atoms with Gasteiger partial charge >= 0.3 is 0 Å². The van der Waals surface area contributed by atoms with Crippen LogP contribution in [0.4, 0.5) is 17.1 Å². The highest BCUT2D eigenvalue weighted by molar-refractivity contribution is 7.92. The molecule has 2 aromatic carbocycles. The molecule has 138 valence electrons. The first-order valence-electron chi connectivity index (χ1n) is 8.13. The second-order valence-corrected chi connectivity index (χ2v) is 7.88. The van der Waals surface area contributed by atoms with Crippen LogP contribution in [0.2, 0.25) is 0 Å². The maximum atomic E-state index is 12.7. The molecule has 0 saturated carbocycles. The standard InChI is InChI=1S/C18H21N3O4S/c1-13(22)21-10-11-25-18-9-8-16(12-17(18)21)26(23,24)19-14-4-6-15(7-5-14)20(2)3/h4-9,12,19H,10-11H2,1-3H3. The Morgan fingerprint density at radius 2 is 1.85 bits per heavy atom. The fourth-order valence-corrected chi connectivity index (χ4v) is 3.81. The van der Waals surface area contributed by atoms with E-state index >= 15 is 0 Å². The largest absolute Gasteiger partial charge is 0.490 e. The number of carbonyl (C=O) groups is 1. The molecule has 0 aliphatic carbocycles. The van der Waals surface area contributed by atoms with Crippen LogP contribution >= 0.6 is 0 Å². The summed E-state index contributed by atoms with van der Waals surface area (Å²) in [6.45, 7) is 2.22. The highest BCUT2D eigenvalue weighted by Crippen LogP contribution is 2.34. The van der Waals surface area contributed by atoms with Crippen molar-refractivity contribution in [2.75, 3.05) is 41.8 Å². The Morgan fingerprint density at radius 3 is 2.46 bits per heavy atom. The topological polar surface area (TPSA) is 78.9 Å². The zero-order valence-electron chi connectivity index (χ0n) is 14.9. The number of anilines is 3. The zero-order valence-corrected chi connectivity index (χ0v) is 15.7. The quantitative estimate of drug-likeness (QED) is 0.887. The van der Waals surface area contributed by atoms with Crippen molar-refractivity contribution in [1.29, 1.82) is 0 Å². The monoisotopic (exact) mass is 375 g/mol. The van der Waals surface area contributed by atoms with Crippen molar-refractivity contribution in [2.45, 2.75) is 11.8 Å². The number of carbonyl (C=O) groups excluding carboxylic acids is 1. The third-order valence-corrected chi connectivity index (χ3v) is 5.50. The molecule has 1 amide bonds. The van der Waals surface area contributed by atoms with Gasteiger partial charge in [0.1, 0.15) is 12.4 Å². The molecule has 7 nitrogen and oxygen atoms in total. The van der Waals surface area contributed by atoms with Crippen LogP contribution in [0.25, 0.3) is 0 Å². The summed E-state index contributed by atoms with van der Waals surface area (Å²) in [5, 5.41) is 0. The Kier molecular flexibility index (Phi) is 4.78. The predicted octanol–water partition coefficient (Wildman–Crippen LogP) is 2.30. The van der Waals surface area contributed by atoms with E-state index in [1.165, 1.54) is 24.0 Å². The van der Waals surface area contributed by atoms with E-state index in [-0.39, 0.29) is 10.8 Å². The van der Waals surface area contributed by atoms with E-state index < -0.39 is 10.0 Å². The Balaban J connectivity index is 1.90. The number of nitrogens with zero attached hydrogens (tertiary/aromatic N) is 2. The SMILES string of the molecule is CC(=O)N1CCOc2ccc(S(=O)(=O)Nc3ccc(N(C)C)cc3)cc21. The van der Waals surface area contributed by atoms with E-state index in [0.717, 1.165) is 5.69 Å². The highest BCUT2D eigenvalue weighted by Gasteiger charge is 2.24. The molecule has 1 aliphatic rings. The van der Waals surface area contributed by atoms with Gasteiger partial charge in [-0.2, -0.15) is 0 Å². The van der Waals surface area contributed by atoms with Crippen LogP contribution in [0, 0.1) is 0 Å². The fraction of sp³-hybridized carbons (Fsp3) is 0.278. The van der Waals surface area contributed by atoms with E-state index in [1.807, 2.05) is 31.1 Å². The Hall–Kier alpha value is -2.74. The van der Waals surface area contributed by atoms with Crippen molar-refractivity contribution >= 4 is 33.0 Å². The molecule has 0 unspecified atom stereocenters. The number of ether oxygens (including phenoxy) is 1. The second-order valence-electron chi connectivity index (χ2n) is 6.20. The molecule has 0 atom stereocenters. The van der Waals surface area contributed by atoms with Crippen molar-refractivity contribution < 1.29 is 17.9 Å². The smallest absolute Gasteiger partial charge is 0.261 e. The fourth-order valence-electron chi connectivity index (χ4n) is 2.73. The summed E-state index contributed by atoms with van der Waals surface area (Å²) in [4.78, 5) is 15.3. The lowest BCUT2D eigenvalue weighted by atomic mass is 10.2. The summed E-state index contributed by atoms with van der Waals surface area (Å²) in [7, 11) is 0.0375. The number of hydrogen-bond donors (Lipinski definition) is 1. The zero-order chi connectivity index (χ0) is 18.9. The molecule has 1 N–H and O–H groups in total. The lowest BCUT2D eigenvalue weighted by Crippen LogP contribution is -2.36. The number of nitrogens with one attached hydrogen (secondary N) is 1. The molecule has 0 radical (unpaired) electrons. The summed E-state index contributed by atoms with van der Waals surface area (Å²) in [5.41, 5.74) is 1.90. The highest BCUT2D eigenvalue weighted by atomic mass is 32.2. The Morgan fingerprint density at radius 1 is 1.15 bits per heavy atom. The van der Waals surface area contributed by atoms with E-state index in [0.29, 0.717) is 30.3 Å². The number of amides is 1. The maximum absolute atomic E-state index is 12.7. The van der Waals surface area contributed by atoms with Gasteiger partial charge in [0.25, 0.3) is 10.0 Å². The van der Waals surface area contributed by atoms with Crippen molar-refractivity contribution in [1.82, 2.24) is 0 Å². The van der Waals surface area contributed by atoms with Gasteiger partial charge in [0.05, 0.1) is 17.1 Å². The van der Waals surface area contributed by atoms with E-state index in [4.69, 9.17) is 4.74 Å². The van der Waals surface area contributed by atoms with E-state index in [1.54, 1.807) is 18.2 Å². The van der Waals surface area contributed by atoms with Gasteiger partial charge in [-0.25, -0.2) is 8.42 Å². The molecule has 0 saturated heterocycles. The number of hydrogen-bond acceptors (Lipinski definition) is 5. The molecule has 3 rings (SSSR count). The maximum Gasteiger partial charge on any atom is 0.261 e. The average Bonchev–Trinajstić information content (AvgIpc) is 2.60. The van der Waals surface area contributed by atoms with Crippen molar-refractivity contribution in [2.24, 2.45) is 0 Å². The van der Waals surface area contributed by atoms with Crippen molar-refractivity contribution in [3.05, 3.63) is 42.5 Å². The lowest BCUT2D eigenvalue weighted by Gasteiger charge is -2.29. The minimum Gasteiger partial charge on any atom is -0.490 e. The molecule has 8 heteroatoms. The number of benzene rings is 2. The minimum absolute atomic E-state index is 0.0738. The summed E-state index contributed by atoms with van der Waals surface area (Å²) < 4.78 is 33.5. The molecule has 1 aliphatic heterocycles. The van der Waals surface area contributed by atoms with Gasteiger partial charge in [0.15, 0.2) is 0 Å². The van der Waals surface area contributed by atoms with Crippen LogP contribution in [-0.4, -0.2) is 41.6 Å². The van der Waals surface area contributed by atoms with Gasteiger partial charge in [-0.1, -0.05) is 0 Å². The average molecular weight is 375 g/mol. The molecule has 0 bridgehead atoms. The van der Waals surface area contributed by atoms with Gasteiger partial charge in [0.2, 0.25) is 5.91 Å². The van der Waals surface area contributed by atoms with Crippen LogP contribution in [-0.2, 0) is 14.8 Å². The van der Waals surface area contributed by atoms with E-state index in [9.17, 15) is 13.2 Å². The van der Waals surface area contributed by atoms with Gasteiger partial charge in [-0.15, -0.1) is 0 Å². The Labute approximate surface area is 153 Å². The first-order valence-corrected chi connectivity index (χ1v) is 9.61. The number of fused-ring (bicyclic) bond motifs is 1. The van der Waals surface area contributed by atoms with Crippen LogP contribution in [0.15, 0.2) is 47.4 Å². The third kappa shape index (κ3) is 3.60. The van der Waals surface area contributed by atoms with Crippen LogP contribution in [0.5, 0.6) is 5.75 Å². The first kappa shape index (κ1) is 18.1. The second kappa shape index (κ2) is 6.87. The minimum atomic E-state index is -3.79. The lowest BCUT2D eigenvalue weighted by molar-refractivity contribution is -0.116. The third-order valence-electron chi connectivity index (χ3n) is 4.12. The molecule has 26 heavy (non-hydrogen) atoms. The first-order chi connectivity index (χ1) is 12.3. The molecule has 0 spiro atoms. The number of sulfonamides is 1. The molecule has 2 aromatic rings. The van der Waals surface area contributed by atoms with Crippen LogP contribution in [0.3, 0.4) is 0 Å². The molecule has 0 fully saturated rings. The van der Waals surface area contributed by atoms with Gasteiger partial charge in [-0.05, 0) is 42.5 Å². The van der Waals surface area contributed by atoms with Gasteiger partial charge in [-0.3, -0.25) is 9.52 Å². The number of rotatable bonds is 4. The van der Waals surface area contributed by atoms with Crippen molar-refractivity contribution in [3.63, 3.8) is 0 Å². The summed E-state index contributed by atoms with van der Waals surface area (Å²) in [5.74, 6) is 0.345. The normalized spacial score (nSPS) is 13.6. The molecular weight excluding hydrogens is 354 g/mol. The van der Waals surface area contributed by atoms with E-state index in [2.05, 4.69) is 4.72 Å². The van der Waals surface area contributed by atoms with Crippen LogP contribution < -0.4 is 19.3 Å². The molecule has 0 aromatic heterocycles. The molecule has 1 heterocycles. The van der Waals surface area contributed by atoms with Gasteiger partial charge in [0, 0.05) is 32.4 Å². The van der Waals surface area contributed by atoms with Crippen molar-refractivity contribution in [3.8, 4) is 5.75 Å². The summed E-state index contributed by atoms with van der Waals surface area (Å²) in [6.07, 6.45) is 0. The summed E-state index contributed by atoms with van der Waals surface area (Å²) in [6, 6.07) is 11.6. The predicted molar refractivity (Wildman–Crippen MR) is 102 cm³/mol. The molecular formula is C18H21N3O4S. The summed E-state index contributed by atoms with van der Waals surface area (Å²) >= 11 is 0. The van der Waals surface area contributed by atoms with Gasteiger partial charge < -0.3 is 14.5 Å².